The molecule has 1 aliphatic heterocycles. The Morgan fingerprint density at radius 1 is 1.11 bits per heavy atom. The molecule has 142 valence electrons. The second kappa shape index (κ2) is 5.79. The monoisotopic (exact) mass is 378 g/mol. The average Bonchev–Trinajstić information content (AvgIpc) is 3.28. The summed E-state index contributed by atoms with van der Waals surface area (Å²) in [5, 5.41) is 1.51. The van der Waals surface area contributed by atoms with Crippen molar-refractivity contribution in [3.05, 3.63) is 52.2 Å². The highest BCUT2D eigenvalue weighted by Gasteiger charge is 2.28. The van der Waals surface area contributed by atoms with Crippen molar-refractivity contribution in [2.45, 2.75) is 19.4 Å². The fourth-order valence-electron chi connectivity index (χ4n) is 3.78. The molecular weight excluding hydrogens is 360 g/mol. The van der Waals surface area contributed by atoms with Crippen molar-refractivity contribution in [3.8, 4) is 17.2 Å². The number of hydrogen-bond donors (Lipinski definition) is 0. The van der Waals surface area contributed by atoms with Crippen molar-refractivity contribution in [2.75, 3.05) is 14.2 Å². The van der Waals surface area contributed by atoms with Crippen LogP contribution < -0.4 is 19.6 Å². The maximum atomic E-state index is 13.3. The molecule has 6 nitrogen and oxygen atoms in total. The van der Waals surface area contributed by atoms with Crippen LogP contribution in [0.5, 0.6) is 17.2 Å². The van der Waals surface area contributed by atoms with E-state index in [0.29, 0.717) is 51.0 Å². The first-order chi connectivity index (χ1) is 13.5. The largest absolute Gasteiger partial charge is 0.493 e. The van der Waals surface area contributed by atoms with Crippen LogP contribution in [0.1, 0.15) is 12.5 Å². The third-order valence-electron chi connectivity index (χ3n) is 5.25. The van der Waals surface area contributed by atoms with Crippen molar-refractivity contribution in [1.82, 2.24) is 0 Å². The maximum Gasteiger partial charge on any atom is 0.302 e. The SMILES string of the molecule is C=C(C)[C@H]1Cc2c(ccc3c(=O)c4c(oc5cc(OC)c(OC)cc54)oc23)O1. The van der Waals surface area contributed by atoms with Crippen LogP contribution in [0.15, 0.2) is 50.0 Å². The lowest BCUT2D eigenvalue weighted by Gasteiger charge is -2.08. The van der Waals surface area contributed by atoms with Crippen LogP contribution in [0.25, 0.3) is 33.1 Å². The lowest BCUT2D eigenvalue weighted by atomic mass is 10.0. The summed E-state index contributed by atoms with van der Waals surface area (Å²) in [6.07, 6.45) is 0.490. The van der Waals surface area contributed by atoms with Gasteiger partial charge in [0.2, 0.25) is 5.43 Å². The summed E-state index contributed by atoms with van der Waals surface area (Å²) in [7, 11) is 3.09. The van der Waals surface area contributed by atoms with Gasteiger partial charge in [-0.3, -0.25) is 4.79 Å². The van der Waals surface area contributed by atoms with Crippen LogP contribution in [0.3, 0.4) is 0 Å². The van der Waals surface area contributed by atoms with E-state index < -0.39 is 0 Å². The van der Waals surface area contributed by atoms with Crippen LogP contribution in [0.4, 0.5) is 0 Å². The van der Waals surface area contributed by atoms with Crippen molar-refractivity contribution in [1.29, 1.82) is 0 Å². The minimum Gasteiger partial charge on any atom is -0.493 e. The van der Waals surface area contributed by atoms with Gasteiger partial charge in [-0.1, -0.05) is 6.58 Å². The molecule has 3 heterocycles. The molecule has 0 spiro atoms. The van der Waals surface area contributed by atoms with Gasteiger partial charge in [-0.05, 0) is 30.7 Å². The molecule has 0 bridgehead atoms. The van der Waals surface area contributed by atoms with Crippen molar-refractivity contribution in [2.24, 2.45) is 0 Å². The summed E-state index contributed by atoms with van der Waals surface area (Å²) >= 11 is 0. The van der Waals surface area contributed by atoms with E-state index in [0.717, 1.165) is 11.1 Å². The number of fused-ring (bicyclic) bond motifs is 6. The zero-order chi connectivity index (χ0) is 19.6. The Bertz CT molecular complexity index is 1340. The molecule has 2 aromatic carbocycles. The van der Waals surface area contributed by atoms with Crippen LogP contribution >= 0.6 is 0 Å². The fraction of sp³-hybridized carbons (Fsp3) is 0.227. The third kappa shape index (κ3) is 2.17. The zero-order valence-electron chi connectivity index (χ0n) is 15.8. The van der Waals surface area contributed by atoms with Crippen molar-refractivity contribution < 1.29 is 23.0 Å². The molecule has 0 N–H and O–H groups in total. The standard InChI is InChI=1S/C22H18O6/c1-10(2)15-8-13-14(26-15)6-5-11-20(23)19-12-7-17(24-3)18(25-4)9-16(12)27-22(19)28-21(11)13/h5-7,9,15H,1,8H2,2-4H3/t15-/m1/s1. The molecule has 1 atom stereocenters. The van der Waals surface area contributed by atoms with Gasteiger partial charge in [0.25, 0.3) is 0 Å². The number of furan rings is 1. The number of methoxy groups -OCH3 is 2. The molecule has 0 radical (unpaired) electrons. The Morgan fingerprint density at radius 2 is 1.86 bits per heavy atom. The molecule has 28 heavy (non-hydrogen) atoms. The van der Waals surface area contributed by atoms with Gasteiger partial charge < -0.3 is 23.0 Å². The Kier molecular flexibility index (Phi) is 3.46. The van der Waals surface area contributed by atoms with E-state index in [-0.39, 0.29) is 17.3 Å². The molecule has 0 saturated heterocycles. The molecule has 0 amide bonds. The molecule has 1 aliphatic rings. The predicted octanol–water partition coefficient (Wildman–Crippen LogP) is 4.59. The highest BCUT2D eigenvalue weighted by molar-refractivity contribution is 6.07. The van der Waals surface area contributed by atoms with Gasteiger partial charge >= 0.3 is 5.78 Å². The first-order valence-corrected chi connectivity index (χ1v) is 8.90. The van der Waals surface area contributed by atoms with Crippen molar-refractivity contribution >= 4 is 33.1 Å². The summed E-state index contributed by atoms with van der Waals surface area (Å²) in [6.45, 7) is 5.89. The van der Waals surface area contributed by atoms with Gasteiger partial charge in [-0.2, -0.15) is 0 Å². The van der Waals surface area contributed by atoms with E-state index >= 15 is 0 Å². The van der Waals surface area contributed by atoms with E-state index in [1.54, 1.807) is 32.4 Å². The third-order valence-corrected chi connectivity index (χ3v) is 5.25. The smallest absolute Gasteiger partial charge is 0.302 e. The summed E-state index contributed by atoms with van der Waals surface area (Å²) in [6, 6.07) is 6.98. The molecule has 6 heteroatoms. The fourth-order valence-corrected chi connectivity index (χ4v) is 3.78. The van der Waals surface area contributed by atoms with Gasteiger partial charge in [-0.25, -0.2) is 0 Å². The second-order valence-corrected chi connectivity index (χ2v) is 6.97. The topological polar surface area (TPSA) is 71.0 Å². The van der Waals surface area contributed by atoms with E-state index in [4.69, 9.17) is 23.0 Å². The molecule has 2 aromatic heterocycles. The Morgan fingerprint density at radius 3 is 2.57 bits per heavy atom. The average molecular weight is 378 g/mol. The van der Waals surface area contributed by atoms with Crippen molar-refractivity contribution in [3.63, 3.8) is 0 Å². The minimum atomic E-state index is -0.149. The normalized spacial score (nSPS) is 15.8. The summed E-state index contributed by atoms with van der Waals surface area (Å²) in [4.78, 5) is 13.3. The van der Waals surface area contributed by atoms with Gasteiger partial charge in [0, 0.05) is 23.4 Å². The van der Waals surface area contributed by atoms with E-state index in [2.05, 4.69) is 6.58 Å². The maximum absolute atomic E-state index is 13.3. The lowest BCUT2D eigenvalue weighted by Crippen LogP contribution is -2.13. The lowest BCUT2D eigenvalue weighted by molar-refractivity contribution is 0.271. The molecule has 0 saturated carbocycles. The van der Waals surface area contributed by atoms with Gasteiger partial charge in [0.05, 0.1) is 19.6 Å². The van der Waals surface area contributed by atoms with Gasteiger partial charge in [-0.15, -0.1) is 0 Å². The Hall–Kier alpha value is -3.41. The first kappa shape index (κ1) is 16.7. The summed E-state index contributed by atoms with van der Waals surface area (Å²) < 4.78 is 28.5. The number of ether oxygens (including phenoxy) is 3. The Balaban J connectivity index is 1.84. The Labute approximate surface area is 159 Å². The van der Waals surface area contributed by atoms with Gasteiger partial charge in [0.15, 0.2) is 11.5 Å². The molecule has 0 fully saturated rings. The molecule has 0 unspecified atom stereocenters. The molecular formula is C22H18O6. The highest BCUT2D eigenvalue weighted by Crippen LogP contribution is 2.40. The highest BCUT2D eigenvalue weighted by atomic mass is 16.5. The number of benzene rings is 2. The minimum absolute atomic E-state index is 0.120. The molecule has 4 aromatic rings. The predicted molar refractivity (Wildman–Crippen MR) is 106 cm³/mol. The number of rotatable bonds is 3. The van der Waals surface area contributed by atoms with Crippen LogP contribution in [-0.4, -0.2) is 20.3 Å². The zero-order valence-corrected chi connectivity index (χ0v) is 15.8. The van der Waals surface area contributed by atoms with Crippen LogP contribution in [0.2, 0.25) is 0 Å². The molecule has 0 aliphatic carbocycles. The summed E-state index contributed by atoms with van der Waals surface area (Å²) in [5.41, 5.74) is 2.63. The molecule has 5 rings (SSSR count). The van der Waals surface area contributed by atoms with Gasteiger partial charge in [0.1, 0.15) is 28.4 Å². The second-order valence-electron chi connectivity index (χ2n) is 6.97. The number of hydrogen-bond acceptors (Lipinski definition) is 6. The van der Waals surface area contributed by atoms with E-state index in [1.165, 1.54) is 0 Å². The van der Waals surface area contributed by atoms with E-state index in [1.807, 2.05) is 13.0 Å². The quantitative estimate of drug-likeness (QED) is 0.486. The van der Waals surface area contributed by atoms with Crippen LogP contribution in [-0.2, 0) is 6.42 Å². The summed E-state index contributed by atoms with van der Waals surface area (Å²) in [5.74, 6) is 1.92. The van der Waals surface area contributed by atoms with E-state index in [9.17, 15) is 4.79 Å². The van der Waals surface area contributed by atoms with Crippen LogP contribution in [0, 0.1) is 0 Å². The first-order valence-electron chi connectivity index (χ1n) is 8.90.